The van der Waals surface area contributed by atoms with Crippen molar-refractivity contribution < 1.29 is 19.1 Å². The van der Waals surface area contributed by atoms with Crippen molar-refractivity contribution in [3.05, 3.63) is 71.8 Å². The fourth-order valence-corrected chi connectivity index (χ4v) is 11.0. The van der Waals surface area contributed by atoms with E-state index in [1.807, 2.05) is 60.7 Å². The summed E-state index contributed by atoms with van der Waals surface area (Å²) < 4.78 is 12.7. The summed E-state index contributed by atoms with van der Waals surface area (Å²) in [5.41, 5.74) is 1.76. The largest absolute Gasteiger partial charge is 0.459 e. The van der Waals surface area contributed by atoms with Crippen molar-refractivity contribution >= 4 is 11.9 Å². The van der Waals surface area contributed by atoms with Crippen LogP contribution in [0.4, 0.5) is 0 Å². The summed E-state index contributed by atoms with van der Waals surface area (Å²) in [5.74, 6) is 3.82. The first-order valence-electron chi connectivity index (χ1n) is 18.1. The van der Waals surface area contributed by atoms with E-state index < -0.39 is 0 Å². The number of fused-ring (bicyclic) bond motifs is 5. The smallest absolute Gasteiger partial charge is 0.338 e. The first kappa shape index (κ1) is 32.3. The summed E-state index contributed by atoms with van der Waals surface area (Å²) in [6.07, 6.45) is 12.7. The second-order valence-electron chi connectivity index (χ2n) is 16.2. The Morgan fingerprint density at radius 2 is 1.38 bits per heavy atom. The van der Waals surface area contributed by atoms with Crippen LogP contribution in [-0.2, 0) is 9.47 Å². The highest BCUT2D eigenvalue weighted by atomic mass is 16.5. The molecule has 4 heteroatoms. The van der Waals surface area contributed by atoms with Gasteiger partial charge in [0, 0.05) is 5.92 Å². The minimum atomic E-state index is -0.186. The van der Waals surface area contributed by atoms with Crippen molar-refractivity contribution in [3.8, 4) is 0 Å². The number of carbonyl (C=O) groups excluding carboxylic acids is 2. The normalized spacial score (nSPS) is 36.4. The molecule has 45 heavy (non-hydrogen) atoms. The number of rotatable bonds is 9. The molecular weight excluding hydrogens is 556 g/mol. The van der Waals surface area contributed by atoms with Gasteiger partial charge in [0.2, 0.25) is 0 Å². The van der Waals surface area contributed by atoms with Gasteiger partial charge in [-0.05, 0) is 122 Å². The molecule has 0 aliphatic heterocycles. The Bertz CT molecular complexity index is 1310. The Kier molecular flexibility index (Phi) is 9.51. The standard InChI is InChI=1S/C41H56O4/c1-27(2)13-12-14-28(3)35-26-36(45-39(43)30-17-10-7-11-18-30)37-33-20-19-31-25-32(44-38(42)29-15-8-6-9-16-29)21-23-40(31,4)34(33)22-24-41(35,37)5/h6-11,15-18,27-28,31-37H,12-14,19-26H2,1-5H3/t28-,31-,32-,33+,34-,35+,36+,37+,40-,41+/m0/s1. The van der Waals surface area contributed by atoms with Crippen molar-refractivity contribution in [3.63, 3.8) is 0 Å². The molecule has 244 valence electrons. The SMILES string of the molecule is CC(C)CCC[C@H](C)[C@H]1C[C@@H](OC(=O)c2ccccc2)[C@H]2[C@@H]3CC[C@H]4C[C@@H](OC(=O)c5ccccc5)CC[C@]4(C)[C@H]3CC[C@@]21C. The Morgan fingerprint density at radius 1 is 0.756 bits per heavy atom. The van der Waals surface area contributed by atoms with Crippen molar-refractivity contribution in [2.75, 3.05) is 0 Å². The molecule has 0 aromatic heterocycles. The van der Waals surface area contributed by atoms with Crippen LogP contribution >= 0.6 is 0 Å². The Balaban J connectivity index is 1.21. The quantitative estimate of drug-likeness (QED) is 0.264. The molecule has 4 fully saturated rings. The Labute approximate surface area is 272 Å². The molecule has 0 amide bonds. The summed E-state index contributed by atoms with van der Waals surface area (Å²) in [6, 6.07) is 19.0. The molecule has 2 aromatic rings. The number of hydrogen-bond acceptors (Lipinski definition) is 4. The van der Waals surface area contributed by atoms with Gasteiger partial charge in [-0.1, -0.05) is 90.3 Å². The molecule has 0 N–H and O–H groups in total. The molecule has 10 atom stereocenters. The van der Waals surface area contributed by atoms with Gasteiger partial charge in [-0.3, -0.25) is 0 Å². The van der Waals surface area contributed by atoms with Gasteiger partial charge in [-0.15, -0.1) is 0 Å². The zero-order chi connectivity index (χ0) is 31.8. The van der Waals surface area contributed by atoms with Crippen molar-refractivity contribution in [2.24, 2.45) is 52.3 Å². The van der Waals surface area contributed by atoms with Crippen LogP contribution in [0.25, 0.3) is 0 Å². The molecule has 0 saturated heterocycles. The summed E-state index contributed by atoms with van der Waals surface area (Å²) in [7, 11) is 0. The number of ether oxygens (including phenoxy) is 2. The lowest BCUT2D eigenvalue weighted by molar-refractivity contribution is -0.144. The summed E-state index contributed by atoms with van der Waals surface area (Å²) >= 11 is 0. The van der Waals surface area contributed by atoms with Gasteiger partial charge in [-0.2, -0.15) is 0 Å². The Morgan fingerprint density at radius 3 is 2.02 bits per heavy atom. The van der Waals surface area contributed by atoms with Crippen molar-refractivity contribution in [2.45, 2.75) is 117 Å². The van der Waals surface area contributed by atoms with E-state index in [9.17, 15) is 9.59 Å². The highest BCUT2D eigenvalue weighted by Gasteiger charge is 2.64. The molecule has 4 aliphatic rings. The van der Waals surface area contributed by atoms with E-state index in [0.29, 0.717) is 46.6 Å². The molecule has 0 spiro atoms. The average Bonchev–Trinajstić information content (AvgIpc) is 3.33. The van der Waals surface area contributed by atoms with Crippen LogP contribution in [0.2, 0.25) is 0 Å². The van der Waals surface area contributed by atoms with Crippen LogP contribution in [0.5, 0.6) is 0 Å². The Hall–Kier alpha value is -2.62. The zero-order valence-electron chi connectivity index (χ0n) is 28.4. The lowest BCUT2D eigenvalue weighted by atomic mass is 9.44. The molecule has 4 nitrogen and oxygen atoms in total. The average molecular weight is 613 g/mol. The molecule has 0 bridgehead atoms. The minimum absolute atomic E-state index is 0.00307. The summed E-state index contributed by atoms with van der Waals surface area (Å²) in [4.78, 5) is 26.4. The predicted molar refractivity (Wildman–Crippen MR) is 180 cm³/mol. The zero-order valence-corrected chi connectivity index (χ0v) is 28.4. The lowest BCUT2D eigenvalue weighted by Gasteiger charge is -2.61. The van der Waals surface area contributed by atoms with Gasteiger partial charge in [0.1, 0.15) is 12.2 Å². The van der Waals surface area contributed by atoms with Crippen molar-refractivity contribution in [1.29, 1.82) is 0 Å². The fraction of sp³-hybridized carbons (Fsp3) is 0.659. The molecule has 0 heterocycles. The highest BCUT2D eigenvalue weighted by molar-refractivity contribution is 5.89. The van der Waals surface area contributed by atoms with Gasteiger partial charge in [0.15, 0.2) is 0 Å². The van der Waals surface area contributed by atoms with E-state index in [1.165, 1.54) is 44.9 Å². The summed E-state index contributed by atoms with van der Waals surface area (Å²) in [5, 5.41) is 0. The van der Waals surface area contributed by atoms with E-state index in [2.05, 4.69) is 34.6 Å². The van der Waals surface area contributed by atoms with Gasteiger partial charge < -0.3 is 9.47 Å². The van der Waals surface area contributed by atoms with Gasteiger partial charge in [-0.25, -0.2) is 9.59 Å². The van der Waals surface area contributed by atoms with Crippen LogP contribution in [0, 0.1) is 52.3 Å². The van der Waals surface area contributed by atoms with E-state index in [-0.39, 0.29) is 35.0 Å². The van der Waals surface area contributed by atoms with Gasteiger partial charge in [0.05, 0.1) is 11.1 Å². The third-order valence-electron chi connectivity index (χ3n) is 13.3. The molecule has 2 aromatic carbocycles. The maximum Gasteiger partial charge on any atom is 0.338 e. The molecular formula is C41H56O4. The van der Waals surface area contributed by atoms with Crippen LogP contribution in [-0.4, -0.2) is 24.1 Å². The van der Waals surface area contributed by atoms with Crippen LogP contribution < -0.4 is 0 Å². The number of esters is 2. The topological polar surface area (TPSA) is 52.6 Å². The highest BCUT2D eigenvalue weighted by Crippen LogP contribution is 2.69. The third-order valence-corrected chi connectivity index (χ3v) is 13.3. The maximum absolute atomic E-state index is 13.5. The van der Waals surface area contributed by atoms with E-state index in [0.717, 1.165) is 31.6 Å². The lowest BCUT2D eigenvalue weighted by Crippen LogP contribution is -2.56. The molecule has 0 radical (unpaired) electrons. The second kappa shape index (κ2) is 13.2. The van der Waals surface area contributed by atoms with Crippen LogP contribution in [0.15, 0.2) is 60.7 Å². The first-order valence-corrected chi connectivity index (χ1v) is 18.1. The second-order valence-corrected chi connectivity index (χ2v) is 16.2. The monoisotopic (exact) mass is 612 g/mol. The van der Waals surface area contributed by atoms with E-state index >= 15 is 0 Å². The van der Waals surface area contributed by atoms with Gasteiger partial charge in [0.25, 0.3) is 0 Å². The van der Waals surface area contributed by atoms with Crippen LogP contribution in [0.1, 0.15) is 126 Å². The van der Waals surface area contributed by atoms with Crippen molar-refractivity contribution in [1.82, 2.24) is 0 Å². The molecule has 6 rings (SSSR count). The predicted octanol–water partition coefficient (Wildman–Crippen LogP) is 10.2. The first-order chi connectivity index (χ1) is 21.6. The van der Waals surface area contributed by atoms with E-state index in [4.69, 9.17) is 9.47 Å². The van der Waals surface area contributed by atoms with Crippen LogP contribution in [0.3, 0.4) is 0 Å². The summed E-state index contributed by atoms with van der Waals surface area (Å²) in [6.45, 7) is 12.3. The third kappa shape index (κ3) is 6.37. The van der Waals surface area contributed by atoms with Gasteiger partial charge >= 0.3 is 11.9 Å². The fourth-order valence-electron chi connectivity index (χ4n) is 11.0. The minimum Gasteiger partial charge on any atom is -0.459 e. The number of benzene rings is 2. The molecule has 0 unspecified atom stereocenters. The number of carbonyl (C=O) groups is 2. The molecule has 4 saturated carbocycles. The molecule has 4 aliphatic carbocycles. The maximum atomic E-state index is 13.5. The number of hydrogen-bond donors (Lipinski definition) is 0. The van der Waals surface area contributed by atoms with E-state index in [1.54, 1.807) is 0 Å².